The van der Waals surface area contributed by atoms with Gasteiger partial charge in [-0.1, -0.05) is 79.0 Å². The molecule has 0 bridgehead atoms. The van der Waals surface area contributed by atoms with Crippen LogP contribution in [0.4, 0.5) is 5.69 Å². The second-order valence-corrected chi connectivity index (χ2v) is 12.9. The summed E-state index contributed by atoms with van der Waals surface area (Å²) in [4.78, 5) is 28.3. The lowest BCUT2D eigenvalue weighted by atomic mass is 10.1. The molecule has 0 fully saturated rings. The van der Waals surface area contributed by atoms with Crippen LogP contribution in [-0.2, 0) is 26.2 Å². The fraction of sp³-hybridized carbons (Fsp3) is 0.310. The van der Waals surface area contributed by atoms with Gasteiger partial charge in [0.25, 0.3) is 10.0 Å². The van der Waals surface area contributed by atoms with E-state index in [1.54, 1.807) is 62.4 Å². The number of benzene rings is 3. The number of aryl methyl sites for hydroxylation is 1. The first-order chi connectivity index (χ1) is 18.8. The van der Waals surface area contributed by atoms with E-state index in [4.69, 9.17) is 34.8 Å². The maximum Gasteiger partial charge on any atom is 0.264 e. The second kappa shape index (κ2) is 13.7. The highest BCUT2D eigenvalue weighted by Gasteiger charge is 2.32. The quantitative estimate of drug-likeness (QED) is 0.270. The second-order valence-electron chi connectivity index (χ2n) is 9.84. The van der Waals surface area contributed by atoms with Gasteiger partial charge in [-0.2, -0.15) is 0 Å². The molecule has 2 amide bonds. The summed E-state index contributed by atoms with van der Waals surface area (Å²) in [7, 11) is -4.18. The van der Waals surface area contributed by atoms with E-state index < -0.39 is 28.5 Å². The predicted molar refractivity (Wildman–Crippen MR) is 161 cm³/mol. The fourth-order valence-corrected chi connectivity index (χ4v) is 5.78. The van der Waals surface area contributed by atoms with Crippen molar-refractivity contribution in [1.82, 2.24) is 10.2 Å². The van der Waals surface area contributed by atoms with Gasteiger partial charge in [-0.25, -0.2) is 8.42 Å². The van der Waals surface area contributed by atoms with Crippen LogP contribution in [0.3, 0.4) is 0 Å². The van der Waals surface area contributed by atoms with Crippen molar-refractivity contribution < 1.29 is 18.0 Å². The van der Waals surface area contributed by atoms with Gasteiger partial charge in [0.1, 0.15) is 12.6 Å². The number of carbonyl (C=O) groups is 2. The molecule has 40 heavy (non-hydrogen) atoms. The van der Waals surface area contributed by atoms with Crippen molar-refractivity contribution in [3.63, 3.8) is 0 Å². The Bertz CT molecular complexity index is 1470. The molecule has 1 atom stereocenters. The lowest BCUT2D eigenvalue weighted by Crippen LogP contribution is -2.51. The topological polar surface area (TPSA) is 86.8 Å². The third-order valence-electron chi connectivity index (χ3n) is 6.24. The minimum absolute atomic E-state index is 0.000133. The van der Waals surface area contributed by atoms with E-state index >= 15 is 0 Å². The van der Waals surface area contributed by atoms with Crippen molar-refractivity contribution in [1.29, 1.82) is 0 Å². The maximum absolute atomic E-state index is 13.9. The van der Waals surface area contributed by atoms with E-state index in [0.717, 1.165) is 9.87 Å². The van der Waals surface area contributed by atoms with Gasteiger partial charge in [-0.05, 0) is 67.3 Å². The molecule has 3 aromatic rings. The van der Waals surface area contributed by atoms with Gasteiger partial charge in [0.2, 0.25) is 11.8 Å². The molecule has 3 aromatic carbocycles. The highest BCUT2D eigenvalue weighted by atomic mass is 35.5. The molecule has 11 heteroatoms. The number of nitrogens with zero attached hydrogens (tertiary/aromatic N) is 2. The van der Waals surface area contributed by atoms with E-state index in [1.807, 2.05) is 13.8 Å². The van der Waals surface area contributed by atoms with Crippen molar-refractivity contribution in [2.45, 2.75) is 45.2 Å². The predicted octanol–water partition coefficient (Wildman–Crippen LogP) is 6.34. The van der Waals surface area contributed by atoms with Crippen LogP contribution in [0.5, 0.6) is 0 Å². The Kier molecular flexibility index (Phi) is 10.9. The molecule has 0 spiro atoms. The smallest absolute Gasteiger partial charge is 0.264 e. The van der Waals surface area contributed by atoms with Gasteiger partial charge in [0, 0.05) is 18.1 Å². The van der Waals surface area contributed by atoms with E-state index in [0.29, 0.717) is 27.2 Å². The number of anilines is 1. The normalized spacial score (nSPS) is 12.2. The number of carbonyl (C=O) groups excluding carboxylic acids is 2. The van der Waals surface area contributed by atoms with Crippen LogP contribution in [0.25, 0.3) is 0 Å². The van der Waals surface area contributed by atoms with Crippen LogP contribution in [0.15, 0.2) is 71.6 Å². The molecule has 0 aliphatic rings. The number of halogens is 3. The number of sulfonamides is 1. The number of nitrogens with one attached hydrogen (secondary N) is 1. The van der Waals surface area contributed by atoms with Gasteiger partial charge < -0.3 is 10.2 Å². The van der Waals surface area contributed by atoms with Crippen molar-refractivity contribution in [3.8, 4) is 0 Å². The molecule has 0 radical (unpaired) electrons. The van der Waals surface area contributed by atoms with Crippen molar-refractivity contribution in [2.75, 3.05) is 17.4 Å². The molecule has 1 unspecified atom stereocenters. The number of rotatable bonds is 11. The van der Waals surface area contributed by atoms with Crippen molar-refractivity contribution >= 4 is 62.3 Å². The molecule has 0 aliphatic carbocycles. The summed E-state index contributed by atoms with van der Waals surface area (Å²) in [5, 5.41) is 3.85. The molecular weight excluding hydrogens is 593 g/mol. The van der Waals surface area contributed by atoms with Gasteiger partial charge in [0.05, 0.1) is 20.6 Å². The van der Waals surface area contributed by atoms with Crippen LogP contribution < -0.4 is 9.62 Å². The van der Waals surface area contributed by atoms with E-state index in [-0.39, 0.29) is 29.0 Å². The van der Waals surface area contributed by atoms with Gasteiger partial charge in [-0.15, -0.1) is 0 Å². The summed E-state index contributed by atoms with van der Waals surface area (Å²) >= 11 is 18.6. The highest BCUT2D eigenvalue weighted by Crippen LogP contribution is 2.29. The van der Waals surface area contributed by atoms with Crippen LogP contribution in [0.2, 0.25) is 15.1 Å². The third-order valence-corrected chi connectivity index (χ3v) is 9.18. The summed E-state index contributed by atoms with van der Waals surface area (Å²) in [6.45, 7) is 7.17. The maximum atomic E-state index is 13.9. The zero-order valence-electron chi connectivity index (χ0n) is 22.7. The molecule has 0 aromatic heterocycles. The fourth-order valence-electron chi connectivity index (χ4n) is 3.86. The molecule has 0 aliphatic heterocycles. The Morgan fingerprint density at radius 3 is 2.15 bits per heavy atom. The van der Waals surface area contributed by atoms with Crippen LogP contribution in [0, 0.1) is 12.8 Å². The Morgan fingerprint density at radius 2 is 1.55 bits per heavy atom. The average Bonchev–Trinajstić information content (AvgIpc) is 2.92. The minimum Gasteiger partial charge on any atom is -0.354 e. The van der Waals surface area contributed by atoms with Crippen LogP contribution in [0.1, 0.15) is 31.9 Å². The first-order valence-electron chi connectivity index (χ1n) is 12.7. The highest BCUT2D eigenvalue weighted by molar-refractivity contribution is 7.92. The Hall–Kier alpha value is -2.78. The summed E-state index contributed by atoms with van der Waals surface area (Å²) in [6.07, 6.45) is 0. The molecule has 0 saturated heterocycles. The molecular formula is C29H32Cl3N3O4S. The number of amides is 2. The van der Waals surface area contributed by atoms with Crippen molar-refractivity contribution in [2.24, 2.45) is 5.92 Å². The standard InChI is InChI=1S/C29H32Cl3N3O4S/c1-19(2)16-33-29(37)21(4)34(17-22-11-13-25(30)27(32)14-22)28(36)18-35(23-12-10-20(3)26(31)15-23)40(38,39)24-8-6-5-7-9-24/h5-15,19,21H,16-18H2,1-4H3,(H,33,37). The lowest BCUT2D eigenvalue weighted by molar-refractivity contribution is -0.139. The zero-order chi connectivity index (χ0) is 29.6. The molecule has 214 valence electrons. The lowest BCUT2D eigenvalue weighted by Gasteiger charge is -2.32. The van der Waals surface area contributed by atoms with Crippen LogP contribution in [-0.4, -0.2) is 44.3 Å². The molecule has 0 heterocycles. The summed E-state index contributed by atoms with van der Waals surface area (Å²) < 4.78 is 28.6. The first-order valence-corrected chi connectivity index (χ1v) is 15.2. The van der Waals surface area contributed by atoms with E-state index in [2.05, 4.69) is 5.32 Å². The summed E-state index contributed by atoms with van der Waals surface area (Å²) in [5.41, 5.74) is 1.60. The third kappa shape index (κ3) is 7.91. The largest absolute Gasteiger partial charge is 0.354 e. The summed E-state index contributed by atoms with van der Waals surface area (Å²) in [6, 6.07) is 16.6. The molecule has 7 nitrogen and oxygen atoms in total. The van der Waals surface area contributed by atoms with Gasteiger partial charge in [0.15, 0.2) is 0 Å². The SMILES string of the molecule is Cc1ccc(N(CC(=O)N(Cc2ccc(Cl)c(Cl)c2)C(C)C(=O)NCC(C)C)S(=O)(=O)c2ccccc2)cc1Cl. The Morgan fingerprint density at radius 1 is 0.875 bits per heavy atom. The Balaban J connectivity index is 2.04. The number of hydrogen-bond acceptors (Lipinski definition) is 4. The van der Waals surface area contributed by atoms with Crippen molar-refractivity contribution in [3.05, 3.63) is 92.9 Å². The first kappa shape index (κ1) is 31.7. The zero-order valence-corrected chi connectivity index (χ0v) is 25.8. The molecule has 1 N–H and O–H groups in total. The monoisotopic (exact) mass is 623 g/mol. The number of hydrogen-bond donors (Lipinski definition) is 1. The van der Waals surface area contributed by atoms with E-state index in [1.165, 1.54) is 23.1 Å². The minimum atomic E-state index is -4.18. The molecule has 3 rings (SSSR count). The van der Waals surface area contributed by atoms with Gasteiger partial charge in [-0.3, -0.25) is 13.9 Å². The average molecular weight is 625 g/mol. The van der Waals surface area contributed by atoms with E-state index in [9.17, 15) is 18.0 Å². The Labute approximate surface area is 251 Å². The van der Waals surface area contributed by atoms with Gasteiger partial charge >= 0.3 is 0 Å². The van der Waals surface area contributed by atoms with Crippen LogP contribution >= 0.6 is 34.8 Å². The summed E-state index contributed by atoms with van der Waals surface area (Å²) in [5.74, 6) is -0.749. The molecule has 0 saturated carbocycles.